The zero-order valence-electron chi connectivity index (χ0n) is 11.1. The molecule has 7 heteroatoms. The van der Waals surface area contributed by atoms with E-state index in [4.69, 9.17) is 4.42 Å². The van der Waals surface area contributed by atoms with Gasteiger partial charge < -0.3 is 29.9 Å². The highest BCUT2D eigenvalue weighted by molar-refractivity contribution is 5.67. The molecule has 1 atom stereocenters. The molecule has 0 bridgehead atoms. The number of rotatable bonds is 1. The van der Waals surface area contributed by atoms with Gasteiger partial charge in [0.2, 0.25) is 11.2 Å². The molecule has 0 fully saturated rings. The number of aliphatic hydroxyl groups excluding tert-OH is 2. The molecule has 7 nitrogen and oxygen atoms in total. The standard InChI is InChI=1S/C15H12O7/c16-7-4-10(19)12-11(5-7)22-15(14(21)13(12)20)6-1-2-8(17)9(18)3-6/h1-3,5,7,16-19,21H,4H2/t7-/m0/s1. The molecule has 3 rings (SSSR count). The summed E-state index contributed by atoms with van der Waals surface area (Å²) in [5.41, 5.74) is -0.758. The zero-order valence-corrected chi connectivity index (χ0v) is 11.1. The van der Waals surface area contributed by atoms with Crippen molar-refractivity contribution < 1.29 is 29.9 Å². The van der Waals surface area contributed by atoms with Gasteiger partial charge in [-0.25, -0.2) is 0 Å². The quantitative estimate of drug-likeness (QED) is 0.454. The number of hydrogen-bond donors (Lipinski definition) is 5. The molecule has 22 heavy (non-hydrogen) atoms. The van der Waals surface area contributed by atoms with Crippen molar-refractivity contribution in [3.8, 4) is 28.6 Å². The second-order valence-corrected chi connectivity index (χ2v) is 4.94. The van der Waals surface area contributed by atoms with Crippen molar-refractivity contribution in [2.24, 2.45) is 0 Å². The Kier molecular flexibility index (Phi) is 3.07. The summed E-state index contributed by atoms with van der Waals surface area (Å²) in [4.78, 5) is 12.2. The van der Waals surface area contributed by atoms with E-state index >= 15 is 0 Å². The van der Waals surface area contributed by atoms with E-state index < -0.39 is 23.0 Å². The first-order chi connectivity index (χ1) is 10.4. The summed E-state index contributed by atoms with van der Waals surface area (Å²) in [6, 6.07) is 3.62. The smallest absolute Gasteiger partial charge is 0.238 e. The number of hydrogen-bond acceptors (Lipinski definition) is 7. The molecule has 0 aliphatic heterocycles. The van der Waals surface area contributed by atoms with Crippen LogP contribution in [0.5, 0.6) is 17.2 Å². The van der Waals surface area contributed by atoms with Crippen LogP contribution in [0.2, 0.25) is 0 Å². The fraction of sp³-hybridized carbons (Fsp3) is 0.133. The topological polar surface area (TPSA) is 131 Å². The Morgan fingerprint density at radius 2 is 1.82 bits per heavy atom. The number of benzene rings is 1. The molecule has 1 aromatic carbocycles. The van der Waals surface area contributed by atoms with Crippen LogP contribution >= 0.6 is 0 Å². The summed E-state index contributed by atoms with van der Waals surface area (Å²) in [5.74, 6) is -2.15. The monoisotopic (exact) mass is 304 g/mol. The number of phenols is 2. The van der Waals surface area contributed by atoms with E-state index in [1.165, 1.54) is 18.2 Å². The largest absolute Gasteiger partial charge is 0.511 e. The second-order valence-electron chi connectivity index (χ2n) is 4.94. The molecule has 1 aromatic heterocycles. The van der Waals surface area contributed by atoms with Crippen LogP contribution in [0.4, 0.5) is 0 Å². The normalized spacial score (nSPS) is 17.0. The van der Waals surface area contributed by atoms with Crippen LogP contribution in [0, 0.1) is 0 Å². The fourth-order valence-electron chi connectivity index (χ4n) is 2.33. The van der Waals surface area contributed by atoms with Gasteiger partial charge in [0.1, 0.15) is 16.4 Å². The van der Waals surface area contributed by atoms with Crippen LogP contribution in [0.25, 0.3) is 23.2 Å². The Morgan fingerprint density at radius 3 is 2.50 bits per heavy atom. The summed E-state index contributed by atoms with van der Waals surface area (Å²) in [6.45, 7) is 0. The van der Waals surface area contributed by atoms with Crippen molar-refractivity contribution >= 4 is 11.8 Å². The third-order valence-corrected chi connectivity index (χ3v) is 3.39. The number of fused-ring (bicyclic) bond motifs is 1. The molecule has 0 saturated heterocycles. The number of phenolic OH excluding ortho intramolecular Hbond substituents is 2. The van der Waals surface area contributed by atoms with Gasteiger partial charge in [0.15, 0.2) is 17.3 Å². The van der Waals surface area contributed by atoms with E-state index in [1.54, 1.807) is 0 Å². The van der Waals surface area contributed by atoms with Gasteiger partial charge in [-0.1, -0.05) is 0 Å². The van der Waals surface area contributed by atoms with E-state index in [2.05, 4.69) is 0 Å². The van der Waals surface area contributed by atoms with Crippen molar-refractivity contribution in [3.63, 3.8) is 0 Å². The lowest BCUT2D eigenvalue weighted by Gasteiger charge is -2.12. The highest BCUT2D eigenvalue weighted by Crippen LogP contribution is 2.32. The van der Waals surface area contributed by atoms with Gasteiger partial charge in [0.05, 0.1) is 6.10 Å². The van der Waals surface area contributed by atoms with Crippen molar-refractivity contribution in [2.45, 2.75) is 12.5 Å². The average molecular weight is 304 g/mol. The summed E-state index contributed by atoms with van der Waals surface area (Å²) in [6.07, 6.45) is 0.0946. The highest BCUT2D eigenvalue weighted by atomic mass is 16.4. The SMILES string of the molecule is O=c1c(O)c(-c2ccc(O)c(O)c2)oc2c1=C(O)C[C@H](O)C=2. The molecule has 2 aromatic rings. The summed E-state index contributed by atoms with van der Waals surface area (Å²) in [7, 11) is 0. The van der Waals surface area contributed by atoms with Gasteiger partial charge in [-0.15, -0.1) is 0 Å². The molecule has 114 valence electrons. The Bertz CT molecular complexity index is 940. The van der Waals surface area contributed by atoms with E-state index in [9.17, 15) is 30.3 Å². The lowest BCUT2D eigenvalue weighted by molar-refractivity contribution is 0.227. The minimum atomic E-state index is -1.01. The van der Waals surface area contributed by atoms with Crippen LogP contribution < -0.4 is 16.1 Å². The molecule has 5 N–H and O–H groups in total. The van der Waals surface area contributed by atoms with Crippen LogP contribution in [0.15, 0.2) is 27.4 Å². The van der Waals surface area contributed by atoms with E-state index in [-0.39, 0.29) is 39.9 Å². The molecule has 0 amide bonds. The Labute approximate surface area is 123 Å². The van der Waals surface area contributed by atoms with Crippen LogP contribution in [0.1, 0.15) is 6.42 Å². The van der Waals surface area contributed by atoms with Crippen LogP contribution in [-0.2, 0) is 0 Å². The zero-order chi connectivity index (χ0) is 16.0. The lowest BCUT2D eigenvalue weighted by Crippen LogP contribution is -2.44. The average Bonchev–Trinajstić information content (AvgIpc) is 2.45. The number of aromatic hydroxyl groups is 3. The Hall–Kier alpha value is -2.93. The first-order valence-electron chi connectivity index (χ1n) is 6.39. The van der Waals surface area contributed by atoms with Crippen molar-refractivity contribution in [3.05, 3.63) is 39.1 Å². The van der Waals surface area contributed by atoms with Gasteiger partial charge in [-0.05, 0) is 24.3 Å². The van der Waals surface area contributed by atoms with E-state index in [0.29, 0.717) is 0 Å². The van der Waals surface area contributed by atoms with Gasteiger partial charge >= 0.3 is 0 Å². The molecular formula is C15H12O7. The van der Waals surface area contributed by atoms with Crippen LogP contribution in [0.3, 0.4) is 0 Å². The second kappa shape index (κ2) is 4.81. The summed E-state index contributed by atoms with van der Waals surface area (Å²) in [5, 5.41) is 48.0. The van der Waals surface area contributed by atoms with Crippen molar-refractivity contribution in [1.29, 1.82) is 0 Å². The Balaban J connectivity index is 2.37. The molecule has 1 aliphatic carbocycles. The molecule has 0 unspecified atom stereocenters. The highest BCUT2D eigenvalue weighted by Gasteiger charge is 2.20. The fourth-order valence-corrected chi connectivity index (χ4v) is 2.33. The predicted molar refractivity (Wildman–Crippen MR) is 75.8 cm³/mol. The molecule has 1 aliphatic rings. The minimum absolute atomic E-state index is 0.0679. The van der Waals surface area contributed by atoms with E-state index in [0.717, 1.165) is 6.07 Å². The summed E-state index contributed by atoms with van der Waals surface area (Å²) >= 11 is 0. The molecule has 0 spiro atoms. The molecule has 0 radical (unpaired) electrons. The predicted octanol–water partition coefficient (Wildman–Crippen LogP) is -0.365. The van der Waals surface area contributed by atoms with Gasteiger partial charge in [0, 0.05) is 12.0 Å². The third kappa shape index (κ3) is 2.08. The number of aliphatic hydroxyl groups is 2. The van der Waals surface area contributed by atoms with Crippen molar-refractivity contribution in [2.75, 3.05) is 0 Å². The van der Waals surface area contributed by atoms with Gasteiger partial charge in [-0.3, -0.25) is 4.79 Å². The van der Waals surface area contributed by atoms with E-state index in [1.807, 2.05) is 0 Å². The molecule has 1 heterocycles. The van der Waals surface area contributed by atoms with Crippen molar-refractivity contribution in [1.82, 2.24) is 0 Å². The maximum atomic E-state index is 12.2. The van der Waals surface area contributed by atoms with Gasteiger partial charge in [-0.2, -0.15) is 0 Å². The molecule has 0 saturated carbocycles. The first-order valence-corrected chi connectivity index (χ1v) is 6.39. The Morgan fingerprint density at radius 1 is 1.09 bits per heavy atom. The minimum Gasteiger partial charge on any atom is -0.511 e. The third-order valence-electron chi connectivity index (χ3n) is 3.39. The maximum Gasteiger partial charge on any atom is 0.238 e. The maximum absolute atomic E-state index is 12.2. The lowest BCUT2D eigenvalue weighted by atomic mass is 10.1. The van der Waals surface area contributed by atoms with Gasteiger partial charge in [0.25, 0.3) is 0 Å². The molecular weight excluding hydrogens is 292 g/mol. The van der Waals surface area contributed by atoms with Crippen LogP contribution in [-0.4, -0.2) is 31.6 Å². The first kappa shape index (κ1) is 14.0. The summed E-state index contributed by atoms with van der Waals surface area (Å²) < 4.78 is 5.39.